The average Bonchev–Trinajstić information content (AvgIpc) is 3.35. The number of nitrogens with one attached hydrogen (secondary N) is 1. The zero-order chi connectivity index (χ0) is 15.1. The summed E-state index contributed by atoms with van der Waals surface area (Å²) in [6.07, 6.45) is 3.86. The molecule has 0 bridgehead atoms. The normalized spacial score (nSPS) is 17.0. The highest BCUT2D eigenvalue weighted by Crippen LogP contribution is 2.39. The van der Waals surface area contributed by atoms with Gasteiger partial charge in [0.1, 0.15) is 17.9 Å². The van der Waals surface area contributed by atoms with E-state index in [1.807, 2.05) is 24.3 Å². The molecule has 0 spiro atoms. The van der Waals surface area contributed by atoms with E-state index in [9.17, 15) is 5.26 Å². The lowest BCUT2D eigenvalue weighted by Crippen LogP contribution is -2.51. The van der Waals surface area contributed by atoms with E-state index in [4.69, 9.17) is 9.84 Å². The van der Waals surface area contributed by atoms with Crippen LogP contribution in [0.5, 0.6) is 5.75 Å². The van der Waals surface area contributed by atoms with Gasteiger partial charge in [0.15, 0.2) is 0 Å². The average molecular weight is 288 g/mol. The van der Waals surface area contributed by atoms with Crippen LogP contribution in [0.25, 0.3) is 0 Å². The van der Waals surface area contributed by atoms with Crippen LogP contribution in [0.1, 0.15) is 31.7 Å². The highest BCUT2D eigenvalue weighted by atomic mass is 16.5. The maximum absolute atomic E-state index is 9.59. The number of rotatable bonds is 9. The fourth-order valence-corrected chi connectivity index (χ4v) is 2.48. The fraction of sp³-hybridized carbons (Fsp3) is 0.588. The quantitative estimate of drug-likeness (QED) is 0.731. The van der Waals surface area contributed by atoms with Crippen LogP contribution < -0.4 is 10.1 Å². The predicted octanol–water partition coefficient (Wildman–Crippen LogP) is 2.27. The first-order chi connectivity index (χ1) is 10.2. The molecule has 4 heteroatoms. The van der Waals surface area contributed by atoms with E-state index in [0.717, 1.165) is 37.1 Å². The van der Waals surface area contributed by atoms with Crippen LogP contribution in [-0.2, 0) is 6.42 Å². The first kappa shape index (κ1) is 15.8. The summed E-state index contributed by atoms with van der Waals surface area (Å²) in [4.78, 5) is 0. The molecule has 4 nitrogen and oxygen atoms in total. The smallest absolute Gasteiger partial charge is 0.143 e. The van der Waals surface area contributed by atoms with Gasteiger partial charge in [-0.2, -0.15) is 5.26 Å². The molecule has 1 aromatic carbocycles. The molecule has 1 saturated carbocycles. The predicted molar refractivity (Wildman–Crippen MR) is 82.1 cm³/mol. The Bertz CT molecular complexity index is 477. The second-order valence-corrected chi connectivity index (χ2v) is 5.69. The number of hydrogen-bond donors (Lipinski definition) is 2. The van der Waals surface area contributed by atoms with Crippen molar-refractivity contribution in [1.29, 1.82) is 5.26 Å². The molecule has 0 saturated heterocycles. The van der Waals surface area contributed by atoms with Gasteiger partial charge < -0.3 is 9.84 Å². The molecule has 1 unspecified atom stereocenters. The van der Waals surface area contributed by atoms with E-state index in [0.29, 0.717) is 18.9 Å². The molecule has 1 aliphatic rings. The molecule has 0 aromatic heterocycles. The number of hydrogen-bond acceptors (Lipinski definition) is 4. The molecular formula is C17H24N2O2. The highest BCUT2D eigenvalue weighted by Gasteiger charge is 2.46. The molecule has 1 fully saturated rings. The van der Waals surface area contributed by atoms with E-state index in [-0.39, 0.29) is 6.61 Å². The zero-order valence-electron chi connectivity index (χ0n) is 12.6. The number of ether oxygens (including phenoxy) is 1. The summed E-state index contributed by atoms with van der Waals surface area (Å²) in [7, 11) is 0. The lowest BCUT2D eigenvalue weighted by molar-refractivity contribution is 0.202. The van der Waals surface area contributed by atoms with Gasteiger partial charge in [0.25, 0.3) is 0 Å². The summed E-state index contributed by atoms with van der Waals surface area (Å²) < 4.78 is 5.85. The van der Waals surface area contributed by atoms with Crippen LogP contribution >= 0.6 is 0 Å². The van der Waals surface area contributed by atoms with E-state index >= 15 is 0 Å². The number of benzene rings is 1. The molecule has 114 valence electrons. The van der Waals surface area contributed by atoms with Crippen LogP contribution in [0.2, 0.25) is 0 Å². The van der Waals surface area contributed by atoms with Gasteiger partial charge in [0.2, 0.25) is 0 Å². The molecule has 1 aliphatic carbocycles. The maximum atomic E-state index is 9.59. The van der Waals surface area contributed by atoms with Crippen molar-refractivity contribution in [3.8, 4) is 11.8 Å². The third kappa shape index (κ3) is 4.20. The molecule has 0 aliphatic heterocycles. The number of nitrogens with zero attached hydrogens (tertiary/aromatic N) is 1. The van der Waals surface area contributed by atoms with Crippen molar-refractivity contribution in [2.75, 3.05) is 19.8 Å². The topological polar surface area (TPSA) is 65.3 Å². The molecule has 2 rings (SSSR count). The van der Waals surface area contributed by atoms with Gasteiger partial charge in [0, 0.05) is 6.61 Å². The number of aliphatic hydroxyl groups excluding tert-OH is 1. The van der Waals surface area contributed by atoms with Crippen LogP contribution in [0.3, 0.4) is 0 Å². The van der Waals surface area contributed by atoms with Gasteiger partial charge in [-0.25, -0.2) is 0 Å². The van der Waals surface area contributed by atoms with Crippen LogP contribution in [0.15, 0.2) is 24.3 Å². The van der Waals surface area contributed by atoms with Crippen molar-refractivity contribution >= 4 is 0 Å². The minimum absolute atomic E-state index is 0.153. The summed E-state index contributed by atoms with van der Waals surface area (Å²) in [6, 6.07) is 10.2. The minimum atomic E-state index is -0.556. The second-order valence-electron chi connectivity index (χ2n) is 5.69. The van der Waals surface area contributed by atoms with Crippen LogP contribution in [0.4, 0.5) is 0 Å². The second kappa shape index (κ2) is 7.44. The monoisotopic (exact) mass is 288 g/mol. The summed E-state index contributed by atoms with van der Waals surface area (Å²) in [5.41, 5.74) is 0.530. The largest absolute Gasteiger partial charge is 0.491 e. The zero-order valence-corrected chi connectivity index (χ0v) is 12.6. The number of aliphatic hydroxyl groups is 1. The van der Waals surface area contributed by atoms with Crippen LogP contribution in [-0.4, -0.2) is 30.4 Å². The van der Waals surface area contributed by atoms with E-state index < -0.39 is 5.54 Å². The van der Waals surface area contributed by atoms with Crippen LogP contribution in [0, 0.1) is 17.2 Å². The Balaban J connectivity index is 1.96. The minimum Gasteiger partial charge on any atom is -0.491 e. The Kier molecular flexibility index (Phi) is 5.60. The van der Waals surface area contributed by atoms with E-state index in [1.165, 1.54) is 0 Å². The van der Waals surface area contributed by atoms with Gasteiger partial charge in [-0.1, -0.05) is 19.1 Å². The SMILES string of the molecule is CCCNC(C#N)(COc1ccc(CCO)cc1)C1CC1. The highest BCUT2D eigenvalue weighted by molar-refractivity contribution is 5.28. The van der Waals surface area contributed by atoms with Crippen molar-refractivity contribution in [1.82, 2.24) is 5.32 Å². The summed E-state index contributed by atoms with van der Waals surface area (Å²) in [5, 5.41) is 21.9. The van der Waals surface area contributed by atoms with Crippen molar-refractivity contribution in [3.63, 3.8) is 0 Å². The first-order valence-electron chi connectivity index (χ1n) is 7.73. The van der Waals surface area contributed by atoms with Gasteiger partial charge >= 0.3 is 0 Å². The van der Waals surface area contributed by atoms with E-state index in [2.05, 4.69) is 18.3 Å². The van der Waals surface area contributed by atoms with Crippen molar-refractivity contribution in [2.45, 2.75) is 38.1 Å². The fourth-order valence-electron chi connectivity index (χ4n) is 2.48. The Hall–Kier alpha value is -1.57. The summed E-state index contributed by atoms with van der Waals surface area (Å²) in [5.74, 6) is 1.18. The lowest BCUT2D eigenvalue weighted by Gasteiger charge is -2.28. The number of nitriles is 1. The van der Waals surface area contributed by atoms with E-state index in [1.54, 1.807) is 0 Å². The van der Waals surface area contributed by atoms with Crippen molar-refractivity contribution in [3.05, 3.63) is 29.8 Å². The maximum Gasteiger partial charge on any atom is 0.143 e. The Morgan fingerprint density at radius 3 is 2.62 bits per heavy atom. The van der Waals surface area contributed by atoms with Gasteiger partial charge in [-0.05, 0) is 55.8 Å². The molecule has 1 aromatic rings. The molecule has 0 amide bonds. The van der Waals surface area contributed by atoms with Gasteiger partial charge in [0.05, 0.1) is 6.07 Å². The lowest BCUT2D eigenvalue weighted by atomic mass is 9.96. The molecule has 21 heavy (non-hydrogen) atoms. The van der Waals surface area contributed by atoms with Crippen molar-refractivity contribution < 1.29 is 9.84 Å². The molecule has 0 radical (unpaired) electrons. The standard InChI is InChI=1S/C17H24N2O2/c1-2-10-19-17(12-18,15-5-6-15)13-21-16-7-3-14(4-8-16)9-11-20/h3-4,7-8,15,19-20H,2,5-6,9-11,13H2,1H3. The Labute approximate surface area is 126 Å². The summed E-state index contributed by atoms with van der Waals surface area (Å²) >= 11 is 0. The first-order valence-corrected chi connectivity index (χ1v) is 7.73. The third-order valence-electron chi connectivity index (χ3n) is 3.95. The molecular weight excluding hydrogens is 264 g/mol. The molecule has 1 atom stereocenters. The third-order valence-corrected chi connectivity index (χ3v) is 3.95. The summed E-state index contributed by atoms with van der Waals surface area (Å²) in [6.45, 7) is 3.47. The Morgan fingerprint density at radius 1 is 1.38 bits per heavy atom. The Morgan fingerprint density at radius 2 is 2.10 bits per heavy atom. The van der Waals surface area contributed by atoms with Gasteiger partial charge in [-0.15, -0.1) is 0 Å². The molecule has 2 N–H and O–H groups in total. The molecule has 0 heterocycles. The van der Waals surface area contributed by atoms with Crippen molar-refractivity contribution in [2.24, 2.45) is 5.92 Å². The van der Waals surface area contributed by atoms with Gasteiger partial charge in [-0.3, -0.25) is 5.32 Å².